The number of carbonyl (C=O) groups is 1. The zero-order valence-corrected chi connectivity index (χ0v) is 13.0. The molecule has 0 spiro atoms. The average Bonchev–Trinajstić information content (AvgIpc) is 2.36. The smallest absolute Gasteiger partial charge is 0.257 e. The van der Waals surface area contributed by atoms with Gasteiger partial charge in [0.15, 0.2) is 0 Å². The summed E-state index contributed by atoms with van der Waals surface area (Å²) in [6.07, 6.45) is 0. The summed E-state index contributed by atoms with van der Waals surface area (Å²) in [6.45, 7) is 4.03. The molecule has 2 rings (SSSR count). The molecule has 0 aliphatic heterocycles. The molecule has 1 amide bonds. The van der Waals surface area contributed by atoms with Crippen molar-refractivity contribution in [2.24, 2.45) is 0 Å². The molecule has 4 heteroatoms. The standard InChI is InChI=1S/C15H13BrClNO/c1-9-7-12(16)14(8-10(9)2)18-15(19)11-5-3-4-6-13(11)17/h3-8H,1-2H3,(H,18,19). The third kappa shape index (κ3) is 3.17. The van der Waals surface area contributed by atoms with Crippen LogP contribution < -0.4 is 5.32 Å². The molecule has 0 saturated heterocycles. The van der Waals surface area contributed by atoms with Gasteiger partial charge in [-0.1, -0.05) is 23.7 Å². The van der Waals surface area contributed by atoms with Gasteiger partial charge in [-0.15, -0.1) is 0 Å². The second kappa shape index (κ2) is 5.76. The topological polar surface area (TPSA) is 29.1 Å². The second-order valence-corrected chi connectivity index (χ2v) is 5.61. The minimum Gasteiger partial charge on any atom is -0.321 e. The summed E-state index contributed by atoms with van der Waals surface area (Å²) in [7, 11) is 0. The first kappa shape index (κ1) is 14.1. The van der Waals surface area contributed by atoms with Gasteiger partial charge < -0.3 is 5.32 Å². The summed E-state index contributed by atoms with van der Waals surface area (Å²) >= 11 is 9.46. The fourth-order valence-corrected chi connectivity index (χ4v) is 2.49. The van der Waals surface area contributed by atoms with Gasteiger partial charge in [-0.05, 0) is 65.2 Å². The molecule has 0 atom stereocenters. The van der Waals surface area contributed by atoms with Crippen LogP contribution in [0.25, 0.3) is 0 Å². The van der Waals surface area contributed by atoms with E-state index in [0.29, 0.717) is 10.6 Å². The SMILES string of the molecule is Cc1cc(Br)c(NC(=O)c2ccccc2Cl)cc1C. The number of benzene rings is 2. The second-order valence-electron chi connectivity index (χ2n) is 4.35. The van der Waals surface area contributed by atoms with Gasteiger partial charge >= 0.3 is 0 Å². The first-order valence-corrected chi connectivity index (χ1v) is 6.99. The third-order valence-corrected chi connectivity index (χ3v) is 3.94. The Morgan fingerprint density at radius 3 is 2.47 bits per heavy atom. The van der Waals surface area contributed by atoms with Crippen molar-refractivity contribution in [3.8, 4) is 0 Å². The molecular weight excluding hydrogens is 326 g/mol. The lowest BCUT2D eigenvalue weighted by Crippen LogP contribution is -2.13. The van der Waals surface area contributed by atoms with Gasteiger partial charge in [-0.2, -0.15) is 0 Å². The van der Waals surface area contributed by atoms with Gasteiger partial charge in [0.2, 0.25) is 0 Å². The fraction of sp³-hybridized carbons (Fsp3) is 0.133. The molecule has 0 radical (unpaired) electrons. The van der Waals surface area contributed by atoms with Crippen molar-refractivity contribution in [1.82, 2.24) is 0 Å². The Balaban J connectivity index is 2.30. The maximum absolute atomic E-state index is 12.2. The van der Waals surface area contributed by atoms with E-state index < -0.39 is 0 Å². The number of carbonyl (C=O) groups excluding carboxylic acids is 1. The molecule has 2 nitrogen and oxygen atoms in total. The van der Waals surface area contributed by atoms with E-state index >= 15 is 0 Å². The average molecular weight is 339 g/mol. The Kier molecular flexibility index (Phi) is 4.27. The quantitative estimate of drug-likeness (QED) is 0.823. The Hall–Kier alpha value is -1.32. The molecule has 1 N–H and O–H groups in total. The van der Waals surface area contributed by atoms with Crippen molar-refractivity contribution in [2.75, 3.05) is 5.32 Å². The van der Waals surface area contributed by atoms with Crippen LogP contribution in [0.2, 0.25) is 5.02 Å². The number of halogens is 2. The number of hydrogen-bond acceptors (Lipinski definition) is 1. The Morgan fingerprint density at radius 1 is 1.16 bits per heavy atom. The number of anilines is 1. The van der Waals surface area contributed by atoms with E-state index in [1.54, 1.807) is 24.3 Å². The Labute approximate surface area is 125 Å². The lowest BCUT2D eigenvalue weighted by atomic mass is 10.1. The molecule has 2 aromatic carbocycles. The molecule has 0 aliphatic rings. The predicted molar refractivity (Wildman–Crippen MR) is 83.0 cm³/mol. The molecule has 2 aromatic rings. The molecule has 0 aromatic heterocycles. The minimum absolute atomic E-state index is 0.213. The lowest BCUT2D eigenvalue weighted by Gasteiger charge is -2.11. The van der Waals surface area contributed by atoms with E-state index in [2.05, 4.69) is 21.2 Å². The summed E-state index contributed by atoms with van der Waals surface area (Å²) in [4.78, 5) is 12.2. The maximum Gasteiger partial charge on any atom is 0.257 e. The maximum atomic E-state index is 12.2. The number of rotatable bonds is 2. The normalized spacial score (nSPS) is 10.3. The van der Waals surface area contributed by atoms with Gasteiger partial charge in [0.05, 0.1) is 16.3 Å². The number of amides is 1. The number of aryl methyl sites for hydroxylation is 2. The molecular formula is C15H13BrClNO. The van der Waals surface area contributed by atoms with Crippen LogP contribution in [0.4, 0.5) is 5.69 Å². The van der Waals surface area contributed by atoms with Crippen LogP contribution in [0.15, 0.2) is 40.9 Å². The Morgan fingerprint density at radius 2 is 1.79 bits per heavy atom. The summed E-state index contributed by atoms with van der Waals surface area (Å²) in [5.41, 5.74) is 3.50. The van der Waals surface area contributed by atoms with Crippen molar-refractivity contribution < 1.29 is 4.79 Å². The third-order valence-electron chi connectivity index (χ3n) is 2.95. The molecule has 0 bridgehead atoms. The highest BCUT2D eigenvalue weighted by Crippen LogP contribution is 2.27. The van der Waals surface area contributed by atoms with Crippen molar-refractivity contribution in [3.05, 3.63) is 62.6 Å². The first-order chi connectivity index (χ1) is 8.99. The van der Waals surface area contributed by atoms with E-state index in [9.17, 15) is 4.79 Å². The first-order valence-electron chi connectivity index (χ1n) is 5.81. The van der Waals surface area contributed by atoms with Gasteiger partial charge in [-0.25, -0.2) is 0 Å². The van der Waals surface area contributed by atoms with Crippen LogP contribution in [0, 0.1) is 13.8 Å². The zero-order chi connectivity index (χ0) is 14.0. The van der Waals surface area contributed by atoms with Crippen LogP contribution in [-0.4, -0.2) is 5.91 Å². The van der Waals surface area contributed by atoms with Gasteiger partial charge in [0.1, 0.15) is 0 Å². The van der Waals surface area contributed by atoms with Crippen LogP contribution >= 0.6 is 27.5 Å². The molecule has 19 heavy (non-hydrogen) atoms. The van der Waals surface area contributed by atoms with Crippen molar-refractivity contribution in [1.29, 1.82) is 0 Å². The van der Waals surface area contributed by atoms with Crippen LogP contribution in [0.5, 0.6) is 0 Å². The minimum atomic E-state index is -0.213. The largest absolute Gasteiger partial charge is 0.321 e. The van der Waals surface area contributed by atoms with E-state index in [1.807, 2.05) is 26.0 Å². The summed E-state index contributed by atoms with van der Waals surface area (Å²) < 4.78 is 0.857. The molecule has 0 unspecified atom stereocenters. The fourth-order valence-electron chi connectivity index (χ4n) is 1.71. The highest BCUT2D eigenvalue weighted by molar-refractivity contribution is 9.10. The van der Waals surface area contributed by atoms with E-state index in [1.165, 1.54) is 5.56 Å². The highest BCUT2D eigenvalue weighted by atomic mass is 79.9. The van der Waals surface area contributed by atoms with Crippen LogP contribution in [0.1, 0.15) is 21.5 Å². The van der Waals surface area contributed by atoms with Crippen molar-refractivity contribution in [3.63, 3.8) is 0 Å². The highest BCUT2D eigenvalue weighted by Gasteiger charge is 2.12. The van der Waals surface area contributed by atoms with Gasteiger partial charge in [-0.3, -0.25) is 4.79 Å². The van der Waals surface area contributed by atoms with Crippen LogP contribution in [-0.2, 0) is 0 Å². The monoisotopic (exact) mass is 337 g/mol. The molecule has 0 fully saturated rings. The Bertz CT molecular complexity index is 640. The van der Waals surface area contributed by atoms with Gasteiger partial charge in [0, 0.05) is 4.47 Å². The number of nitrogens with one attached hydrogen (secondary N) is 1. The summed E-state index contributed by atoms with van der Waals surface area (Å²) in [6, 6.07) is 10.9. The van der Waals surface area contributed by atoms with Crippen molar-refractivity contribution in [2.45, 2.75) is 13.8 Å². The van der Waals surface area contributed by atoms with E-state index in [4.69, 9.17) is 11.6 Å². The molecule has 0 aliphatic carbocycles. The number of hydrogen-bond donors (Lipinski definition) is 1. The summed E-state index contributed by atoms with van der Waals surface area (Å²) in [5, 5.41) is 3.31. The summed E-state index contributed by atoms with van der Waals surface area (Å²) in [5.74, 6) is -0.213. The van der Waals surface area contributed by atoms with Crippen molar-refractivity contribution >= 4 is 39.1 Å². The van der Waals surface area contributed by atoms with E-state index in [-0.39, 0.29) is 5.91 Å². The van der Waals surface area contributed by atoms with Crippen LogP contribution in [0.3, 0.4) is 0 Å². The zero-order valence-electron chi connectivity index (χ0n) is 10.6. The predicted octanol–water partition coefficient (Wildman–Crippen LogP) is 4.97. The lowest BCUT2D eigenvalue weighted by molar-refractivity contribution is 0.102. The molecule has 0 saturated carbocycles. The molecule has 98 valence electrons. The van der Waals surface area contributed by atoms with E-state index in [0.717, 1.165) is 15.7 Å². The van der Waals surface area contributed by atoms with Gasteiger partial charge in [0.25, 0.3) is 5.91 Å². The molecule has 0 heterocycles.